The van der Waals surface area contributed by atoms with Gasteiger partial charge in [0.15, 0.2) is 0 Å². The number of rotatable bonds is 5. The maximum absolute atomic E-state index is 13.5. The number of primary sulfonamides is 1. The number of amides is 1. The van der Waals surface area contributed by atoms with E-state index in [9.17, 15) is 44.9 Å². The molecule has 1 spiro atoms. The number of alkyl halides is 3. The molecule has 0 aromatic heterocycles. The van der Waals surface area contributed by atoms with Gasteiger partial charge < -0.3 is 15.1 Å². The second kappa shape index (κ2) is 8.45. The van der Waals surface area contributed by atoms with Crippen molar-refractivity contribution in [3.63, 3.8) is 0 Å². The summed E-state index contributed by atoms with van der Waals surface area (Å²) in [6, 6.07) is 0.733. The molecule has 3 rings (SSSR count). The molecule has 4 N–H and O–H groups in total. The molecule has 0 saturated carbocycles. The molecule has 2 aliphatic rings. The average molecular weight is 546 g/mol. The summed E-state index contributed by atoms with van der Waals surface area (Å²) in [5.74, 6) is -0.495. The molecule has 1 aromatic carbocycles. The van der Waals surface area contributed by atoms with E-state index in [4.69, 9.17) is 5.14 Å². The van der Waals surface area contributed by atoms with Crippen molar-refractivity contribution in [1.82, 2.24) is 9.62 Å². The van der Waals surface area contributed by atoms with Crippen LogP contribution in [0.25, 0.3) is 0 Å². The molecule has 18 heteroatoms. The van der Waals surface area contributed by atoms with Gasteiger partial charge in [0, 0.05) is 25.9 Å². The second-order valence-electron chi connectivity index (χ2n) is 8.87. The minimum Gasteiger partial charge on any atom is -0.365 e. The van der Waals surface area contributed by atoms with Crippen molar-refractivity contribution in [3.8, 4) is 0 Å². The van der Waals surface area contributed by atoms with Gasteiger partial charge in [0.1, 0.15) is 17.2 Å². The van der Waals surface area contributed by atoms with E-state index in [0.29, 0.717) is 12.1 Å². The van der Waals surface area contributed by atoms with Crippen LogP contribution in [0.1, 0.15) is 32.3 Å². The molecule has 13 nitrogen and oxygen atoms in total. The monoisotopic (exact) mass is 545 g/mol. The number of benzene rings is 1. The van der Waals surface area contributed by atoms with Crippen LogP contribution < -0.4 is 15.2 Å². The molecule has 0 atom stereocenters. The summed E-state index contributed by atoms with van der Waals surface area (Å²) in [7, 11) is -9.39. The molecule has 1 fully saturated rings. The van der Waals surface area contributed by atoms with Crippen molar-refractivity contribution in [1.29, 1.82) is 0 Å². The Morgan fingerprint density at radius 1 is 1.29 bits per heavy atom. The van der Waals surface area contributed by atoms with Gasteiger partial charge in [-0.3, -0.25) is 4.79 Å². The molecule has 0 bridgehead atoms. The Morgan fingerprint density at radius 3 is 2.34 bits per heavy atom. The average Bonchev–Trinajstić information content (AvgIpc) is 2.69. The lowest BCUT2D eigenvalue weighted by molar-refractivity contribution is -0.760. The first-order valence-electron chi connectivity index (χ1n) is 9.94. The van der Waals surface area contributed by atoms with Gasteiger partial charge in [-0.05, 0) is 26.0 Å². The molecular weight excluding hydrogens is 523 g/mol. The first-order valence-corrected chi connectivity index (χ1v) is 13.0. The topological polar surface area (TPSA) is 191 Å². The zero-order valence-corrected chi connectivity index (χ0v) is 20.0. The fourth-order valence-electron chi connectivity index (χ4n) is 3.96. The van der Waals surface area contributed by atoms with E-state index in [1.54, 1.807) is 0 Å². The molecule has 0 aliphatic carbocycles. The van der Waals surface area contributed by atoms with Gasteiger partial charge in [0.2, 0.25) is 26.0 Å². The lowest BCUT2D eigenvalue weighted by atomic mass is 9.90. The number of nitrogens with zero attached hydrogens (tertiary/aromatic N) is 2. The standard InChI is InChI=1S/C17H22F3N5O8S2/c1-15(2,9-33-25(27)28)14(26)24-5-3-16(4-6-24)22-11-7-10(17(18,19)20)12(34(21,29)30)8-13(11)35(31,32)23-16/h7-8,22-23H,3-6,9H2,1-2H3,(H2,21,29,30). The van der Waals surface area contributed by atoms with E-state index < -0.39 is 75.9 Å². The van der Waals surface area contributed by atoms with Crippen molar-refractivity contribution >= 4 is 31.6 Å². The predicted octanol–water partition coefficient (Wildman–Crippen LogP) is 0.610. The minimum atomic E-state index is -5.15. The summed E-state index contributed by atoms with van der Waals surface area (Å²) >= 11 is 0. The van der Waals surface area contributed by atoms with Crippen molar-refractivity contribution in [3.05, 3.63) is 27.8 Å². The lowest BCUT2D eigenvalue weighted by Gasteiger charge is -2.46. The van der Waals surface area contributed by atoms with Gasteiger partial charge in [0.25, 0.3) is 5.09 Å². The van der Waals surface area contributed by atoms with Crippen LogP contribution in [-0.4, -0.2) is 58.1 Å². The van der Waals surface area contributed by atoms with Crippen LogP contribution in [0, 0.1) is 15.5 Å². The van der Waals surface area contributed by atoms with Gasteiger partial charge in [-0.2, -0.15) is 17.9 Å². The largest absolute Gasteiger partial charge is 0.417 e. The summed E-state index contributed by atoms with van der Waals surface area (Å²) in [6.07, 6.45) is -5.28. The number of halogens is 3. The molecule has 2 heterocycles. The zero-order chi connectivity index (χ0) is 26.6. The smallest absolute Gasteiger partial charge is 0.365 e. The van der Waals surface area contributed by atoms with Gasteiger partial charge in [0.05, 0.1) is 21.6 Å². The number of carbonyl (C=O) groups is 1. The first-order chi connectivity index (χ1) is 15.8. The number of sulfonamides is 2. The number of likely N-dealkylation sites (tertiary alicyclic amines) is 1. The number of nitrogens with two attached hydrogens (primary N) is 1. The van der Waals surface area contributed by atoms with Crippen LogP contribution in [0.3, 0.4) is 0 Å². The molecule has 1 aromatic rings. The zero-order valence-electron chi connectivity index (χ0n) is 18.4. The van der Waals surface area contributed by atoms with E-state index >= 15 is 0 Å². The predicted molar refractivity (Wildman–Crippen MR) is 112 cm³/mol. The van der Waals surface area contributed by atoms with E-state index in [2.05, 4.69) is 14.9 Å². The Bertz CT molecular complexity index is 1270. The highest BCUT2D eigenvalue weighted by Gasteiger charge is 2.47. The lowest BCUT2D eigenvalue weighted by Crippen LogP contribution is -2.63. The van der Waals surface area contributed by atoms with Gasteiger partial charge in [-0.25, -0.2) is 22.0 Å². The van der Waals surface area contributed by atoms with Crippen LogP contribution in [0.2, 0.25) is 0 Å². The van der Waals surface area contributed by atoms with Crippen molar-refractivity contribution in [2.75, 3.05) is 25.0 Å². The summed E-state index contributed by atoms with van der Waals surface area (Å²) in [5.41, 5.74) is -4.83. The Hall–Kier alpha value is -2.70. The number of carbonyl (C=O) groups excluding carboxylic acids is 1. The second-order valence-corrected chi connectivity index (χ2v) is 12.1. The summed E-state index contributed by atoms with van der Waals surface area (Å²) in [4.78, 5) is 26.8. The fourth-order valence-corrected chi connectivity index (χ4v) is 6.35. The van der Waals surface area contributed by atoms with Crippen LogP contribution in [0.5, 0.6) is 0 Å². The van der Waals surface area contributed by atoms with E-state index in [1.165, 1.54) is 18.7 Å². The Labute approximate surface area is 198 Å². The van der Waals surface area contributed by atoms with Crippen LogP contribution >= 0.6 is 0 Å². The van der Waals surface area contributed by atoms with Gasteiger partial charge in [-0.15, -0.1) is 10.1 Å². The number of fused-ring (bicyclic) bond motifs is 1. The molecule has 196 valence electrons. The molecule has 1 amide bonds. The minimum absolute atomic E-state index is 0.0348. The normalized spacial score (nSPS) is 19.5. The quantitative estimate of drug-likeness (QED) is 0.351. The van der Waals surface area contributed by atoms with Crippen molar-refractivity contribution < 1.29 is 44.7 Å². The van der Waals surface area contributed by atoms with Crippen LogP contribution in [0.15, 0.2) is 21.9 Å². The molecule has 0 radical (unpaired) electrons. The highest BCUT2D eigenvalue weighted by atomic mass is 32.2. The van der Waals surface area contributed by atoms with E-state index in [0.717, 1.165) is 0 Å². The number of hydrogen-bond donors (Lipinski definition) is 3. The SMILES string of the molecule is CC(C)(CO[N+](=O)[O-])C(=O)N1CCC2(CC1)Nc1cc(C(F)(F)F)c(S(N)(=O)=O)cc1S(=O)(=O)N2. The Kier molecular flexibility index (Phi) is 6.50. The molecule has 0 unspecified atom stereocenters. The van der Waals surface area contributed by atoms with E-state index in [1.807, 2.05) is 0 Å². The third-order valence-corrected chi connectivity index (χ3v) is 8.23. The number of piperidine rings is 1. The molecule has 1 saturated heterocycles. The maximum atomic E-state index is 13.5. The number of anilines is 1. The van der Waals surface area contributed by atoms with Gasteiger partial charge >= 0.3 is 6.18 Å². The highest BCUT2D eigenvalue weighted by Crippen LogP contribution is 2.42. The molecule has 2 aliphatic heterocycles. The fraction of sp³-hybridized carbons (Fsp3) is 0.588. The van der Waals surface area contributed by atoms with Crippen molar-refractivity contribution in [2.45, 2.75) is 48.3 Å². The number of nitrogens with one attached hydrogen (secondary N) is 2. The molecular formula is C17H22F3N5O8S2. The third-order valence-electron chi connectivity index (χ3n) is 5.70. The first kappa shape index (κ1) is 26.9. The maximum Gasteiger partial charge on any atom is 0.417 e. The summed E-state index contributed by atoms with van der Waals surface area (Å²) in [5, 5.41) is 17.0. The molecule has 35 heavy (non-hydrogen) atoms. The number of hydrogen-bond acceptors (Lipinski definition) is 9. The Balaban J connectivity index is 1.90. The van der Waals surface area contributed by atoms with Crippen LogP contribution in [0.4, 0.5) is 18.9 Å². The Morgan fingerprint density at radius 2 is 1.86 bits per heavy atom. The summed E-state index contributed by atoms with van der Waals surface area (Å²) < 4.78 is 92.1. The highest BCUT2D eigenvalue weighted by molar-refractivity contribution is 7.90. The van der Waals surface area contributed by atoms with Crippen molar-refractivity contribution in [2.24, 2.45) is 10.6 Å². The summed E-state index contributed by atoms with van der Waals surface area (Å²) in [6.45, 7) is 2.29. The third kappa shape index (κ3) is 5.44. The van der Waals surface area contributed by atoms with E-state index in [-0.39, 0.29) is 25.9 Å². The van der Waals surface area contributed by atoms with Gasteiger partial charge in [-0.1, -0.05) is 0 Å². The van der Waals surface area contributed by atoms with Crippen LogP contribution in [-0.2, 0) is 35.9 Å².